The van der Waals surface area contributed by atoms with Crippen molar-refractivity contribution in [2.75, 3.05) is 6.16 Å². The highest BCUT2D eigenvalue weighted by molar-refractivity contribution is 7.79. The van der Waals surface area contributed by atoms with E-state index in [9.17, 15) is 9.36 Å². The second kappa shape index (κ2) is 7.30. The maximum atomic E-state index is 13.9. The molecule has 0 aliphatic rings. The van der Waals surface area contributed by atoms with Gasteiger partial charge in [-0.1, -0.05) is 65.6 Å². The van der Waals surface area contributed by atoms with Gasteiger partial charge in [0.2, 0.25) is 0 Å². The van der Waals surface area contributed by atoms with E-state index in [-0.39, 0.29) is 6.16 Å². The number of hydrogen-bond acceptors (Lipinski definition) is 3. The molecule has 2 aromatic carbocycles. The molecule has 25 heavy (non-hydrogen) atoms. The molecule has 0 bridgehead atoms. The van der Waals surface area contributed by atoms with Crippen LogP contribution >= 0.6 is 7.14 Å². The van der Waals surface area contributed by atoms with Crippen molar-refractivity contribution in [3.8, 4) is 12.3 Å². The normalized spacial score (nSPS) is 11.6. The highest BCUT2D eigenvalue weighted by atomic mass is 31.2. The van der Waals surface area contributed by atoms with Gasteiger partial charge >= 0.3 is 5.97 Å². The predicted octanol–water partition coefficient (Wildman–Crippen LogP) is 3.57. The van der Waals surface area contributed by atoms with E-state index in [1.54, 1.807) is 13.8 Å². The van der Waals surface area contributed by atoms with E-state index in [1.165, 1.54) is 0 Å². The van der Waals surface area contributed by atoms with Gasteiger partial charge in [-0.15, -0.1) is 6.42 Å². The number of aryl methyl sites for hydroxylation is 2. The van der Waals surface area contributed by atoms with Crippen LogP contribution in [0.4, 0.5) is 0 Å². The molecule has 2 aromatic rings. The highest BCUT2D eigenvalue weighted by Crippen LogP contribution is 2.43. The lowest BCUT2D eigenvalue weighted by molar-refractivity contribution is -0.148. The first kappa shape index (κ1) is 19.0. The molecule has 0 radical (unpaired) electrons. The van der Waals surface area contributed by atoms with Crippen molar-refractivity contribution in [1.82, 2.24) is 0 Å². The van der Waals surface area contributed by atoms with Crippen LogP contribution in [0.15, 0.2) is 48.5 Å². The van der Waals surface area contributed by atoms with E-state index in [0.29, 0.717) is 10.6 Å². The molecule has 0 heterocycles. The topological polar surface area (TPSA) is 43.4 Å². The summed E-state index contributed by atoms with van der Waals surface area (Å²) in [6.45, 7) is 7.19. The number of ether oxygens (including phenoxy) is 1. The molecule has 4 heteroatoms. The fraction of sp³-hybridized carbons (Fsp3) is 0.286. The third kappa shape index (κ3) is 4.62. The molecule has 0 aliphatic heterocycles. The minimum Gasteiger partial charge on any atom is -0.446 e. The molecular weight excluding hydrogens is 331 g/mol. The van der Waals surface area contributed by atoms with E-state index < -0.39 is 18.7 Å². The minimum absolute atomic E-state index is 0.218. The molecule has 2 rings (SSSR count). The Bertz CT molecular complexity index is 791. The molecule has 130 valence electrons. The third-order valence-electron chi connectivity index (χ3n) is 3.97. The second-order valence-electron chi connectivity index (χ2n) is 6.70. The van der Waals surface area contributed by atoms with Crippen LogP contribution in [0.5, 0.6) is 0 Å². The van der Waals surface area contributed by atoms with E-state index >= 15 is 0 Å². The summed E-state index contributed by atoms with van der Waals surface area (Å²) in [7, 11) is -3.16. The molecule has 0 aliphatic carbocycles. The first-order valence-electron chi connectivity index (χ1n) is 8.09. The van der Waals surface area contributed by atoms with E-state index in [0.717, 1.165) is 11.1 Å². The second-order valence-corrected chi connectivity index (χ2v) is 9.53. The summed E-state index contributed by atoms with van der Waals surface area (Å²) in [4.78, 5) is 12.4. The number of benzene rings is 2. The van der Waals surface area contributed by atoms with Crippen LogP contribution in [0.2, 0.25) is 0 Å². The Kier molecular flexibility index (Phi) is 5.55. The number of hydrogen-bond donors (Lipinski definition) is 0. The number of rotatable bonds is 5. The lowest BCUT2D eigenvalue weighted by atomic mass is 10.1. The average Bonchev–Trinajstić information content (AvgIpc) is 2.55. The number of carbonyl (C=O) groups excluding carboxylic acids is 1. The number of terminal acetylenes is 1. The van der Waals surface area contributed by atoms with Gasteiger partial charge in [-0.05, 0) is 27.7 Å². The van der Waals surface area contributed by atoms with E-state index in [4.69, 9.17) is 11.2 Å². The molecule has 3 nitrogen and oxygen atoms in total. The van der Waals surface area contributed by atoms with Crippen molar-refractivity contribution >= 4 is 23.7 Å². The zero-order valence-electron chi connectivity index (χ0n) is 15.1. The zero-order chi connectivity index (χ0) is 18.7. The summed E-state index contributed by atoms with van der Waals surface area (Å²) in [5.74, 6) is 1.86. The lowest BCUT2D eigenvalue weighted by Gasteiger charge is -2.23. The van der Waals surface area contributed by atoms with Crippen molar-refractivity contribution in [3.05, 3.63) is 59.7 Å². The van der Waals surface area contributed by atoms with Gasteiger partial charge in [-0.2, -0.15) is 0 Å². The number of carbonyl (C=O) groups is 1. The van der Waals surface area contributed by atoms with Crippen LogP contribution in [0.3, 0.4) is 0 Å². The first-order valence-corrected chi connectivity index (χ1v) is 9.99. The summed E-state index contributed by atoms with van der Waals surface area (Å²) >= 11 is 0. The summed E-state index contributed by atoms with van der Waals surface area (Å²) in [5, 5.41) is 1.27. The molecule has 0 atom stereocenters. The summed E-state index contributed by atoms with van der Waals surface area (Å²) < 4.78 is 19.2. The first-order chi connectivity index (χ1) is 11.7. The summed E-state index contributed by atoms with van der Waals surface area (Å²) in [6.07, 6.45) is 5.16. The molecule has 0 unspecified atom stereocenters. The average molecular weight is 354 g/mol. The minimum atomic E-state index is -3.16. The summed E-state index contributed by atoms with van der Waals surface area (Å²) in [6, 6.07) is 14.8. The predicted molar refractivity (Wildman–Crippen MR) is 103 cm³/mol. The van der Waals surface area contributed by atoms with Gasteiger partial charge < -0.3 is 9.30 Å². The Morgan fingerprint density at radius 1 is 1.00 bits per heavy atom. The molecule has 0 fully saturated rings. The maximum absolute atomic E-state index is 13.9. The van der Waals surface area contributed by atoms with Crippen LogP contribution in [0.1, 0.15) is 25.0 Å². The van der Waals surface area contributed by atoms with E-state index in [2.05, 4.69) is 5.92 Å². The van der Waals surface area contributed by atoms with Crippen molar-refractivity contribution in [1.29, 1.82) is 0 Å². The third-order valence-corrected chi connectivity index (χ3v) is 6.94. The van der Waals surface area contributed by atoms with Crippen molar-refractivity contribution in [2.24, 2.45) is 0 Å². The monoisotopic (exact) mass is 354 g/mol. The van der Waals surface area contributed by atoms with Crippen molar-refractivity contribution < 1.29 is 14.1 Å². The Morgan fingerprint density at radius 2 is 1.40 bits per heavy atom. The zero-order valence-corrected chi connectivity index (χ0v) is 16.0. The largest absolute Gasteiger partial charge is 0.446 e. The van der Waals surface area contributed by atoms with E-state index in [1.807, 2.05) is 62.4 Å². The standard InChI is InChI=1S/C21H23O3P/c1-6-21(4,5)24-20(22)15-25(23,18-11-7-16(2)8-12-18)19-13-9-17(3)10-14-19/h1,7-14H,15H2,2-5H3. The maximum Gasteiger partial charge on any atom is 0.315 e. The van der Waals surface area contributed by atoms with Gasteiger partial charge in [0.1, 0.15) is 6.16 Å². The fourth-order valence-corrected chi connectivity index (χ4v) is 4.78. The fourth-order valence-electron chi connectivity index (χ4n) is 2.43. The van der Waals surface area contributed by atoms with Gasteiger partial charge in [0, 0.05) is 10.6 Å². The smallest absolute Gasteiger partial charge is 0.315 e. The molecule has 0 saturated heterocycles. The van der Waals surface area contributed by atoms with Crippen LogP contribution in [-0.2, 0) is 14.1 Å². The van der Waals surface area contributed by atoms with Crippen molar-refractivity contribution in [3.63, 3.8) is 0 Å². The molecule has 0 N–H and O–H groups in total. The van der Waals surface area contributed by atoms with Crippen LogP contribution < -0.4 is 10.6 Å². The Morgan fingerprint density at radius 3 is 1.76 bits per heavy atom. The quantitative estimate of drug-likeness (QED) is 0.468. The molecule has 0 saturated carbocycles. The number of esters is 1. The van der Waals surface area contributed by atoms with Gasteiger partial charge in [0.15, 0.2) is 12.7 Å². The van der Waals surface area contributed by atoms with Gasteiger partial charge in [-0.3, -0.25) is 4.79 Å². The SMILES string of the molecule is C#CC(C)(C)OC(=O)CP(=O)(c1ccc(C)cc1)c1ccc(C)cc1. The Hall–Kier alpha value is -2.30. The van der Waals surface area contributed by atoms with Crippen molar-refractivity contribution in [2.45, 2.75) is 33.3 Å². The Balaban J connectivity index is 2.44. The molecule has 0 spiro atoms. The van der Waals surface area contributed by atoms with Gasteiger partial charge in [0.25, 0.3) is 0 Å². The van der Waals surface area contributed by atoms with Crippen LogP contribution in [-0.4, -0.2) is 17.7 Å². The lowest BCUT2D eigenvalue weighted by Crippen LogP contribution is -2.30. The molecule has 0 aromatic heterocycles. The molecule has 0 amide bonds. The Labute approximate surface area is 149 Å². The molecular formula is C21H23O3P. The van der Waals surface area contributed by atoms with Crippen LogP contribution in [0, 0.1) is 26.2 Å². The van der Waals surface area contributed by atoms with Gasteiger partial charge in [0.05, 0.1) is 0 Å². The highest BCUT2D eigenvalue weighted by Gasteiger charge is 2.33. The van der Waals surface area contributed by atoms with Crippen LogP contribution in [0.25, 0.3) is 0 Å². The summed E-state index contributed by atoms with van der Waals surface area (Å²) in [5.41, 5.74) is 1.10. The van der Waals surface area contributed by atoms with Gasteiger partial charge in [-0.25, -0.2) is 0 Å².